The molecule has 15 heavy (non-hydrogen) atoms. The molecule has 0 aromatic carbocycles. The molecule has 1 rings (SSSR count). The lowest BCUT2D eigenvalue weighted by Crippen LogP contribution is -2.22. The minimum atomic E-state index is -4.83. The first-order valence-electron chi connectivity index (χ1n) is 3.71. The van der Waals surface area contributed by atoms with E-state index >= 15 is 0 Å². The van der Waals surface area contributed by atoms with E-state index < -0.39 is 17.8 Å². The highest BCUT2D eigenvalue weighted by Crippen LogP contribution is 2.21. The van der Waals surface area contributed by atoms with Gasteiger partial charge in [0.2, 0.25) is 5.88 Å². The van der Waals surface area contributed by atoms with Gasteiger partial charge in [0, 0.05) is 12.6 Å². The van der Waals surface area contributed by atoms with Crippen molar-refractivity contribution in [2.45, 2.75) is 12.9 Å². The van der Waals surface area contributed by atoms with Gasteiger partial charge in [-0.05, 0) is 28.2 Å². The van der Waals surface area contributed by atoms with Gasteiger partial charge >= 0.3 is 6.36 Å². The summed E-state index contributed by atoms with van der Waals surface area (Å²) < 4.78 is 39.3. The first-order chi connectivity index (χ1) is 6.83. The number of H-pyrrole nitrogens is 1. The molecule has 0 amide bonds. The maximum absolute atomic E-state index is 11.8. The van der Waals surface area contributed by atoms with Crippen LogP contribution in [0.1, 0.15) is 5.56 Å². The molecule has 0 unspecified atom stereocenters. The molecule has 1 aromatic rings. The largest absolute Gasteiger partial charge is 0.574 e. The van der Waals surface area contributed by atoms with Gasteiger partial charge in [0.05, 0.1) is 3.57 Å². The Labute approximate surface area is 95.8 Å². The number of rotatable bonds is 2. The van der Waals surface area contributed by atoms with Crippen LogP contribution in [-0.4, -0.2) is 11.3 Å². The van der Waals surface area contributed by atoms with Gasteiger partial charge in [0.15, 0.2) is 0 Å². The Morgan fingerprint density at radius 1 is 1.53 bits per heavy atom. The van der Waals surface area contributed by atoms with Crippen molar-refractivity contribution in [3.8, 4) is 5.88 Å². The number of aromatic amines is 1. The first kappa shape index (κ1) is 12.3. The van der Waals surface area contributed by atoms with Crippen LogP contribution in [0, 0.1) is 3.57 Å². The van der Waals surface area contributed by atoms with Gasteiger partial charge in [0.1, 0.15) is 0 Å². The number of hydrogen-bond acceptors (Lipinski definition) is 3. The van der Waals surface area contributed by atoms with Crippen molar-refractivity contribution in [2.24, 2.45) is 5.73 Å². The van der Waals surface area contributed by atoms with Crippen molar-refractivity contribution in [1.82, 2.24) is 4.98 Å². The average molecular weight is 334 g/mol. The summed E-state index contributed by atoms with van der Waals surface area (Å²) in [5.41, 5.74) is 4.91. The van der Waals surface area contributed by atoms with Crippen molar-refractivity contribution in [1.29, 1.82) is 0 Å². The molecule has 4 nitrogen and oxygen atoms in total. The van der Waals surface area contributed by atoms with E-state index in [2.05, 4.69) is 4.74 Å². The molecule has 0 aliphatic carbocycles. The molecule has 8 heteroatoms. The van der Waals surface area contributed by atoms with E-state index in [1.54, 1.807) is 22.6 Å². The number of hydrogen-bond donors (Lipinski definition) is 2. The third-order valence-electron chi connectivity index (χ3n) is 1.47. The Morgan fingerprint density at radius 3 is 2.60 bits per heavy atom. The topological polar surface area (TPSA) is 68.1 Å². The summed E-state index contributed by atoms with van der Waals surface area (Å²) in [5, 5.41) is 0. The zero-order valence-corrected chi connectivity index (χ0v) is 9.35. The van der Waals surface area contributed by atoms with Crippen LogP contribution < -0.4 is 16.0 Å². The number of alkyl halides is 3. The van der Waals surface area contributed by atoms with Gasteiger partial charge in [0.25, 0.3) is 5.56 Å². The lowest BCUT2D eigenvalue weighted by molar-refractivity contribution is -0.276. The second-order valence-corrected chi connectivity index (χ2v) is 3.63. The van der Waals surface area contributed by atoms with E-state index in [0.717, 1.165) is 6.07 Å². The quantitative estimate of drug-likeness (QED) is 0.802. The lowest BCUT2D eigenvalue weighted by atomic mass is 10.3. The molecule has 0 aliphatic rings. The fraction of sp³-hybridized carbons (Fsp3) is 0.286. The Morgan fingerprint density at radius 2 is 2.13 bits per heavy atom. The normalized spacial score (nSPS) is 11.5. The Bertz CT molecular complexity index is 416. The van der Waals surface area contributed by atoms with E-state index in [1.165, 1.54) is 0 Å². The second kappa shape index (κ2) is 4.39. The van der Waals surface area contributed by atoms with Gasteiger partial charge < -0.3 is 10.5 Å². The number of halogens is 4. The predicted molar refractivity (Wildman–Crippen MR) is 54.4 cm³/mol. The van der Waals surface area contributed by atoms with Gasteiger partial charge in [-0.1, -0.05) is 0 Å². The minimum absolute atomic E-state index is 0.0313. The minimum Gasteiger partial charge on any atom is -0.390 e. The van der Waals surface area contributed by atoms with Gasteiger partial charge in [-0.2, -0.15) is 0 Å². The molecule has 0 atom stereocenters. The summed E-state index contributed by atoms with van der Waals surface area (Å²) in [6.45, 7) is -0.0313. The van der Waals surface area contributed by atoms with E-state index in [0.29, 0.717) is 5.56 Å². The number of aromatic nitrogens is 1. The molecule has 0 spiro atoms. The summed E-state index contributed by atoms with van der Waals surface area (Å²) in [4.78, 5) is 13.1. The highest BCUT2D eigenvalue weighted by molar-refractivity contribution is 14.1. The Hall–Kier alpha value is -0.770. The molecule has 0 fully saturated rings. The van der Waals surface area contributed by atoms with Crippen molar-refractivity contribution in [3.05, 3.63) is 25.6 Å². The fourth-order valence-electron chi connectivity index (χ4n) is 0.898. The maximum atomic E-state index is 11.8. The zero-order valence-electron chi connectivity index (χ0n) is 7.19. The molecule has 1 heterocycles. The summed E-state index contributed by atoms with van der Waals surface area (Å²) in [7, 11) is 0. The number of nitrogens with two attached hydrogens (primary N) is 1. The van der Waals surface area contributed by atoms with Gasteiger partial charge in [-0.25, -0.2) is 0 Å². The SMILES string of the molecule is NCc1cc(OC(F)(F)F)[nH]c(=O)c1I. The van der Waals surface area contributed by atoms with Crippen LogP contribution in [0.25, 0.3) is 0 Å². The molecule has 84 valence electrons. The van der Waals surface area contributed by atoms with Crippen LogP contribution in [0.15, 0.2) is 10.9 Å². The summed E-state index contributed by atoms with van der Waals surface area (Å²) in [5.74, 6) is -0.659. The Balaban J connectivity index is 3.12. The van der Waals surface area contributed by atoms with Crippen LogP contribution in [-0.2, 0) is 6.54 Å². The van der Waals surface area contributed by atoms with E-state index in [4.69, 9.17) is 5.73 Å². The number of nitrogens with one attached hydrogen (secondary N) is 1. The van der Waals surface area contributed by atoms with Crippen LogP contribution in [0.5, 0.6) is 5.88 Å². The Kier molecular flexibility index (Phi) is 3.60. The standard InChI is InChI=1S/C7H6F3IN2O2/c8-7(9,10)15-4-1-3(2-12)5(11)6(14)13-4/h1H,2,12H2,(H,13,14). The first-order valence-corrected chi connectivity index (χ1v) is 4.79. The van der Waals surface area contributed by atoms with Crippen LogP contribution in [0.4, 0.5) is 13.2 Å². The molecule has 0 saturated carbocycles. The smallest absolute Gasteiger partial charge is 0.390 e. The zero-order chi connectivity index (χ0) is 11.6. The van der Waals surface area contributed by atoms with Crippen molar-refractivity contribution < 1.29 is 17.9 Å². The molecule has 0 bridgehead atoms. The summed E-state index contributed by atoms with van der Waals surface area (Å²) in [6.07, 6.45) is -4.83. The van der Waals surface area contributed by atoms with E-state index in [1.807, 2.05) is 4.98 Å². The highest BCUT2D eigenvalue weighted by atomic mass is 127. The third-order valence-corrected chi connectivity index (χ3v) is 2.65. The summed E-state index contributed by atoms with van der Waals surface area (Å²) in [6, 6.07) is 1.05. The van der Waals surface area contributed by atoms with Gasteiger partial charge in [-0.3, -0.25) is 9.78 Å². The lowest BCUT2D eigenvalue weighted by Gasteiger charge is -2.09. The van der Waals surface area contributed by atoms with Crippen molar-refractivity contribution in [3.63, 3.8) is 0 Å². The average Bonchev–Trinajstić information content (AvgIpc) is 2.08. The van der Waals surface area contributed by atoms with Gasteiger partial charge in [-0.15, -0.1) is 13.2 Å². The molecule has 1 aromatic heterocycles. The number of ether oxygens (including phenoxy) is 1. The molecular weight excluding hydrogens is 328 g/mol. The molecule has 3 N–H and O–H groups in total. The van der Waals surface area contributed by atoms with Crippen molar-refractivity contribution >= 4 is 22.6 Å². The monoisotopic (exact) mass is 334 g/mol. The molecule has 0 aliphatic heterocycles. The maximum Gasteiger partial charge on any atom is 0.574 e. The highest BCUT2D eigenvalue weighted by Gasteiger charge is 2.31. The predicted octanol–water partition coefficient (Wildman–Crippen LogP) is 1.34. The molecule has 0 radical (unpaired) electrons. The van der Waals surface area contributed by atoms with Crippen LogP contribution in [0.3, 0.4) is 0 Å². The molecule has 0 saturated heterocycles. The van der Waals surface area contributed by atoms with E-state index in [-0.39, 0.29) is 10.1 Å². The van der Waals surface area contributed by atoms with Crippen molar-refractivity contribution in [2.75, 3.05) is 0 Å². The molecular formula is C7H6F3IN2O2. The third kappa shape index (κ3) is 3.38. The van der Waals surface area contributed by atoms with Crippen LogP contribution >= 0.6 is 22.6 Å². The van der Waals surface area contributed by atoms with Crippen LogP contribution in [0.2, 0.25) is 0 Å². The fourth-order valence-corrected chi connectivity index (χ4v) is 1.41. The summed E-state index contributed by atoms with van der Waals surface area (Å²) >= 11 is 1.70. The second-order valence-electron chi connectivity index (χ2n) is 2.55. The number of pyridine rings is 1. The van der Waals surface area contributed by atoms with E-state index in [9.17, 15) is 18.0 Å².